The van der Waals surface area contributed by atoms with Gasteiger partial charge < -0.3 is 10.1 Å². The van der Waals surface area contributed by atoms with Gasteiger partial charge in [0.2, 0.25) is 0 Å². The summed E-state index contributed by atoms with van der Waals surface area (Å²) in [6.45, 7) is 2.46. The molecule has 3 aromatic rings. The van der Waals surface area contributed by atoms with Crippen molar-refractivity contribution in [3.8, 4) is 11.3 Å². The normalized spacial score (nSPS) is 10.5. The van der Waals surface area contributed by atoms with Crippen LogP contribution in [0, 0.1) is 6.92 Å². The number of hydrogen-bond acceptors (Lipinski definition) is 6. The van der Waals surface area contributed by atoms with Crippen LogP contribution in [0.4, 0.5) is 5.82 Å². The van der Waals surface area contributed by atoms with E-state index >= 15 is 0 Å². The molecule has 128 valence electrons. The molecule has 2 aromatic heterocycles. The number of anilines is 1. The third-order valence-electron chi connectivity index (χ3n) is 3.61. The van der Waals surface area contributed by atoms with Crippen LogP contribution < -0.4 is 5.32 Å². The van der Waals surface area contributed by atoms with Crippen molar-refractivity contribution in [3.05, 3.63) is 59.9 Å². The predicted octanol–water partition coefficient (Wildman–Crippen LogP) is 2.45. The van der Waals surface area contributed by atoms with Gasteiger partial charge in [-0.25, -0.2) is 4.79 Å². The highest BCUT2D eigenvalue weighted by Crippen LogP contribution is 2.16. The number of aryl methyl sites for hydroxylation is 2. The van der Waals surface area contributed by atoms with Gasteiger partial charge in [-0.1, -0.05) is 30.3 Å². The lowest BCUT2D eigenvalue weighted by atomic mass is 10.1. The molecule has 0 aliphatic carbocycles. The molecule has 0 aliphatic rings. The molecular weight excluding hydrogens is 318 g/mol. The summed E-state index contributed by atoms with van der Waals surface area (Å²) in [4.78, 5) is 12.0. The Bertz CT molecular complexity index is 844. The second-order valence-corrected chi connectivity index (χ2v) is 5.53. The third-order valence-corrected chi connectivity index (χ3v) is 3.61. The summed E-state index contributed by atoms with van der Waals surface area (Å²) in [5.74, 6) is 0.256. The summed E-state index contributed by atoms with van der Waals surface area (Å²) in [6.07, 6.45) is 1.65. The molecule has 0 amide bonds. The van der Waals surface area contributed by atoms with Gasteiger partial charge in [-0.3, -0.25) is 4.68 Å². The topological polar surface area (TPSA) is 81.9 Å². The monoisotopic (exact) mass is 337 g/mol. The first-order chi connectivity index (χ1) is 12.1. The SMILES string of the molecule is Cc1nn(C)cc1C(=O)OCCNc1ccc(-c2ccccc2)nn1. The Hall–Kier alpha value is -3.22. The molecule has 2 heterocycles. The van der Waals surface area contributed by atoms with Crippen molar-refractivity contribution in [1.82, 2.24) is 20.0 Å². The molecular formula is C18H19N5O2. The van der Waals surface area contributed by atoms with E-state index in [1.165, 1.54) is 0 Å². The summed E-state index contributed by atoms with van der Waals surface area (Å²) < 4.78 is 6.83. The zero-order chi connectivity index (χ0) is 17.6. The highest BCUT2D eigenvalue weighted by atomic mass is 16.5. The van der Waals surface area contributed by atoms with E-state index in [9.17, 15) is 4.79 Å². The number of aromatic nitrogens is 4. The van der Waals surface area contributed by atoms with Crippen LogP contribution in [0.25, 0.3) is 11.3 Å². The summed E-state index contributed by atoms with van der Waals surface area (Å²) in [5.41, 5.74) is 2.96. The smallest absolute Gasteiger partial charge is 0.341 e. The number of nitrogens with one attached hydrogen (secondary N) is 1. The van der Waals surface area contributed by atoms with Crippen molar-refractivity contribution < 1.29 is 9.53 Å². The highest BCUT2D eigenvalue weighted by molar-refractivity contribution is 5.90. The van der Waals surface area contributed by atoms with Crippen LogP contribution in [0.2, 0.25) is 0 Å². The molecule has 0 saturated heterocycles. The average molecular weight is 337 g/mol. The summed E-state index contributed by atoms with van der Waals surface area (Å²) in [5, 5.41) is 15.5. The largest absolute Gasteiger partial charge is 0.460 e. The predicted molar refractivity (Wildman–Crippen MR) is 94.2 cm³/mol. The van der Waals surface area contributed by atoms with E-state index in [0.29, 0.717) is 23.6 Å². The standard InChI is InChI=1S/C18H19N5O2/c1-13-15(12-23(2)22-13)18(24)25-11-10-19-17-9-8-16(20-21-17)14-6-4-3-5-7-14/h3-9,12H,10-11H2,1-2H3,(H,19,21). The van der Waals surface area contributed by atoms with E-state index in [-0.39, 0.29) is 12.6 Å². The molecule has 0 aliphatic heterocycles. The van der Waals surface area contributed by atoms with E-state index in [2.05, 4.69) is 20.6 Å². The van der Waals surface area contributed by atoms with Crippen molar-refractivity contribution in [2.45, 2.75) is 6.92 Å². The fourth-order valence-corrected chi connectivity index (χ4v) is 2.39. The fourth-order valence-electron chi connectivity index (χ4n) is 2.39. The summed E-state index contributed by atoms with van der Waals surface area (Å²) in [6, 6.07) is 13.6. The minimum Gasteiger partial charge on any atom is -0.460 e. The average Bonchev–Trinajstić information content (AvgIpc) is 2.98. The zero-order valence-corrected chi connectivity index (χ0v) is 14.1. The van der Waals surface area contributed by atoms with Gasteiger partial charge in [-0.15, -0.1) is 10.2 Å². The maximum atomic E-state index is 12.0. The van der Waals surface area contributed by atoms with E-state index in [4.69, 9.17) is 4.74 Å². The van der Waals surface area contributed by atoms with Crippen LogP contribution in [0.5, 0.6) is 0 Å². The molecule has 0 spiro atoms. The third kappa shape index (κ3) is 4.20. The van der Waals surface area contributed by atoms with Crippen molar-refractivity contribution in [1.29, 1.82) is 0 Å². The molecule has 1 aromatic carbocycles. The van der Waals surface area contributed by atoms with Crippen LogP contribution in [0.3, 0.4) is 0 Å². The van der Waals surface area contributed by atoms with Crippen LogP contribution in [0.1, 0.15) is 16.1 Å². The first kappa shape index (κ1) is 16.6. The number of carbonyl (C=O) groups excluding carboxylic acids is 1. The van der Waals surface area contributed by atoms with Crippen molar-refractivity contribution >= 4 is 11.8 Å². The van der Waals surface area contributed by atoms with E-state index in [1.54, 1.807) is 24.9 Å². The highest BCUT2D eigenvalue weighted by Gasteiger charge is 2.13. The number of rotatable bonds is 6. The van der Waals surface area contributed by atoms with Crippen LogP contribution in [0.15, 0.2) is 48.7 Å². The number of ether oxygens (including phenoxy) is 1. The van der Waals surface area contributed by atoms with Gasteiger partial charge in [0.1, 0.15) is 18.0 Å². The zero-order valence-electron chi connectivity index (χ0n) is 14.1. The van der Waals surface area contributed by atoms with Gasteiger partial charge in [-0.05, 0) is 19.1 Å². The maximum absolute atomic E-state index is 12.0. The first-order valence-electron chi connectivity index (χ1n) is 7.94. The Morgan fingerprint density at radius 3 is 2.60 bits per heavy atom. The number of nitrogens with zero attached hydrogens (tertiary/aromatic N) is 4. The lowest BCUT2D eigenvalue weighted by Gasteiger charge is -2.07. The van der Waals surface area contributed by atoms with Crippen molar-refractivity contribution in [2.75, 3.05) is 18.5 Å². The van der Waals surface area contributed by atoms with E-state index in [1.807, 2.05) is 42.5 Å². The fraction of sp³-hybridized carbons (Fsp3) is 0.222. The molecule has 0 fully saturated rings. The minimum absolute atomic E-state index is 0.231. The molecule has 0 unspecified atom stereocenters. The second kappa shape index (κ2) is 7.57. The van der Waals surface area contributed by atoms with Crippen LogP contribution >= 0.6 is 0 Å². The quantitative estimate of drug-likeness (QED) is 0.550. The Kier molecular flexibility index (Phi) is 5.03. The molecule has 0 atom stereocenters. The van der Waals surface area contributed by atoms with Crippen LogP contribution in [-0.2, 0) is 11.8 Å². The molecule has 3 rings (SSSR count). The lowest BCUT2D eigenvalue weighted by Crippen LogP contribution is -2.15. The van der Waals surface area contributed by atoms with Crippen LogP contribution in [-0.4, -0.2) is 39.1 Å². The number of esters is 1. The molecule has 7 nitrogen and oxygen atoms in total. The molecule has 0 saturated carbocycles. The van der Waals surface area contributed by atoms with Gasteiger partial charge in [0, 0.05) is 18.8 Å². The molecule has 25 heavy (non-hydrogen) atoms. The lowest BCUT2D eigenvalue weighted by molar-refractivity contribution is 0.0519. The molecule has 0 radical (unpaired) electrons. The minimum atomic E-state index is -0.377. The summed E-state index contributed by atoms with van der Waals surface area (Å²) in [7, 11) is 1.77. The second-order valence-electron chi connectivity index (χ2n) is 5.53. The van der Waals surface area contributed by atoms with Gasteiger partial charge >= 0.3 is 5.97 Å². The van der Waals surface area contributed by atoms with Gasteiger partial charge in [0.15, 0.2) is 0 Å². The molecule has 7 heteroatoms. The number of hydrogen-bond donors (Lipinski definition) is 1. The number of carbonyl (C=O) groups is 1. The maximum Gasteiger partial charge on any atom is 0.341 e. The van der Waals surface area contributed by atoms with Gasteiger partial charge in [0.25, 0.3) is 0 Å². The number of benzene rings is 1. The first-order valence-corrected chi connectivity index (χ1v) is 7.94. The molecule has 1 N–H and O–H groups in total. The van der Waals surface area contributed by atoms with E-state index in [0.717, 1.165) is 11.3 Å². The Morgan fingerprint density at radius 2 is 1.96 bits per heavy atom. The Morgan fingerprint density at radius 1 is 1.16 bits per heavy atom. The van der Waals surface area contributed by atoms with Gasteiger partial charge in [0.05, 0.1) is 17.9 Å². The Balaban J connectivity index is 1.48. The Labute approximate surface area is 145 Å². The van der Waals surface area contributed by atoms with E-state index < -0.39 is 0 Å². The van der Waals surface area contributed by atoms with Crippen molar-refractivity contribution in [3.63, 3.8) is 0 Å². The molecule has 0 bridgehead atoms. The van der Waals surface area contributed by atoms with Crippen molar-refractivity contribution in [2.24, 2.45) is 7.05 Å². The van der Waals surface area contributed by atoms with Gasteiger partial charge in [-0.2, -0.15) is 5.10 Å². The summed E-state index contributed by atoms with van der Waals surface area (Å²) >= 11 is 0.